The normalized spacial score (nSPS) is 12.2. The minimum atomic E-state index is -0.414. The van der Waals surface area contributed by atoms with Gasteiger partial charge in [-0.1, -0.05) is 6.92 Å². The Bertz CT molecular complexity index is 673. The van der Waals surface area contributed by atoms with Crippen molar-refractivity contribution in [2.45, 2.75) is 13.8 Å². The first-order chi connectivity index (χ1) is 10.4. The molecule has 2 heterocycles. The van der Waals surface area contributed by atoms with Crippen LogP contribution in [0.3, 0.4) is 0 Å². The van der Waals surface area contributed by atoms with Crippen LogP contribution in [0, 0.1) is 18.7 Å². The lowest BCUT2D eigenvalue weighted by molar-refractivity contribution is -0.122. The lowest BCUT2D eigenvalue weighted by Crippen LogP contribution is -2.41. The number of rotatable bonds is 5. The minimum Gasteiger partial charge on any atom is -0.273 e. The van der Waals surface area contributed by atoms with Crippen molar-refractivity contribution in [2.75, 3.05) is 24.1 Å². The largest absolute Gasteiger partial charge is 0.273 e. The molecule has 0 radical (unpaired) electrons. The average Bonchev–Trinajstić information content (AvgIpc) is 2.88. The summed E-state index contributed by atoms with van der Waals surface area (Å²) in [5.74, 6) is 0.937. The Labute approximate surface area is 133 Å². The van der Waals surface area contributed by atoms with Crippen molar-refractivity contribution in [1.82, 2.24) is 14.6 Å². The maximum absolute atomic E-state index is 13.3. The van der Waals surface area contributed by atoms with Crippen LogP contribution in [0.4, 0.5) is 4.39 Å². The molecule has 7 heteroatoms. The van der Waals surface area contributed by atoms with Gasteiger partial charge in [0, 0.05) is 30.5 Å². The molecule has 0 aliphatic rings. The number of hydrogen-bond donors (Lipinski definition) is 0. The van der Waals surface area contributed by atoms with E-state index in [4.69, 9.17) is 0 Å². The second-order valence-electron chi connectivity index (χ2n) is 5.13. The second-order valence-corrected chi connectivity index (χ2v) is 6.04. The maximum atomic E-state index is 13.3. The van der Waals surface area contributed by atoms with E-state index in [9.17, 15) is 9.18 Å². The van der Waals surface area contributed by atoms with E-state index >= 15 is 0 Å². The monoisotopic (exact) mass is 322 g/mol. The van der Waals surface area contributed by atoms with Crippen LogP contribution in [-0.4, -0.2) is 39.6 Å². The highest BCUT2D eigenvalue weighted by molar-refractivity contribution is 7.98. The Balaban J connectivity index is 2.28. The topological polar surface area (TPSA) is 51.0 Å². The van der Waals surface area contributed by atoms with Gasteiger partial charge in [-0.2, -0.15) is 11.8 Å². The SMILES string of the molecule is CSCC(C)C(=O)N(C)n1cc(-c2cncc(F)c2)nc1C. The van der Waals surface area contributed by atoms with Crippen molar-refractivity contribution < 1.29 is 9.18 Å². The third kappa shape index (κ3) is 3.47. The number of pyridine rings is 1. The number of hydrogen-bond acceptors (Lipinski definition) is 4. The summed E-state index contributed by atoms with van der Waals surface area (Å²) in [7, 11) is 1.71. The predicted octanol–water partition coefficient (Wildman–Crippen LogP) is 2.49. The molecule has 0 aliphatic heterocycles. The molecule has 2 aromatic rings. The van der Waals surface area contributed by atoms with Crippen LogP contribution in [0.15, 0.2) is 24.7 Å². The molecule has 0 aromatic carbocycles. The van der Waals surface area contributed by atoms with Crippen molar-refractivity contribution >= 4 is 17.7 Å². The molecule has 2 rings (SSSR count). The van der Waals surface area contributed by atoms with Crippen LogP contribution >= 0.6 is 11.8 Å². The maximum Gasteiger partial charge on any atom is 0.244 e. The van der Waals surface area contributed by atoms with E-state index in [1.54, 1.807) is 47.8 Å². The van der Waals surface area contributed by atoms with Gasteiger partial charge < -0.3 is 0 Å². The number of carbonyl (C=O) groups excluding carboxylic acids is 1. The number of imidazole rings is 1. The zero-order chi connectivity index (χ0) is 16.3. The average molecular weight is 322 g/mol. The predicted molar refractivity (Wildman–Crippen MR) is 86.8 cm³/mol. The third-order valence-corrected chi connectivity index (χ3v) is 4.17. The van der Waals surface area contributed by atoms with Gasteiger partial charge in [0.2, 0.25) is 5.91 Å². The highest BCUT2D eigenvalue weighted by Crippen LogP contribution is 2.19. The van der Waals surface area contributed by atoms with Crippen molar-refractivity contribution in [3.63, 3.8) is 0 Å². The Morgan fingerprint density at radius 3 is 2.86 bits per heavy atom. The molecule has 1 unspecified atom stereocenters. The van der Waals surface area contributed by atoms with E-state index in [1.165, 1.54) is 6.07 Å². The summed E-state index contributed by atoms with van der Waals surface area (Å²) in [6, 6.07) is 1.37. The van der Waals surface area contributed by atoms with E-state index in [0.717, 1.165) is 11.9 Å². The Hall–Kier alpha value is -1.89. The van der Waals surface area contributed by atoms with Gasteiger partial charge in [-0.05, 0) is 19.2 Å². The standard InChI is InChI=1S/C15H19FN4OS/c1-10(9-22-4)15(21)19(3)20-8-14(18-11(20)2)12-5-13(16)7-17-6-12/h5-8,10H,9H2,1-4H3. The van der Waals surface area contributed by atoms with Crippen molar-refractivity contribution in [1.29, 1.82) is 0 Å². The zero-order valence-corrected chi connectivity index (χ0v) is 13.9. The van der Waals surface area contributed by atoms with Gasteiger partial charge in [0.25, 0.3) is 0 Å². The number of nitrogens with zero attached hydrogens (tertiary/aromatic N) is 4. The molecule has 0 aliphatic carbocycles. The molecular formula is C15H19FN4OS. The molecule has 1 amide bonds. The Morgan fingerprint density at radius 2 is 2.23 bits per heavy atom. The molecule has 22 heavy (non-hydrogen) atoms. The molecule has 0 N–H and O–H groups in total. The van der Waals surface area contributed by atoms with Crippen molar-refractivity contribution in [3.05, 3.63) is 36.3 Å². The van der Waals surface area contributed by atoms with Gasteiger partial charge in [0.05, 0.1) is 18.1 Å². The van der Waals surface area contributed by atoms with E-state index in [2.05, 4.69) is 9.97 Å². The molecule has 0 bridgehead atoms. The van der Waals surface area contributed by atoms with Gasteiger partial charge in [-0.3, -0.25) is 14.8 Å². The van der Waals surface area contributed by atoms with Gasteiger partial charge in [-0.25, -0.2) is 14.1 Å². The van der Waals surface area contributed by atoms with Gasteiger partial charge in [0.1, 0.15) is 11.6 Å². The van der Waals surface area contributed by atoms with Crippen LogP contribution in [-0.2, 0) is 4.79 Å². The first kappa shape index (κ1) is 16.5. The molecule has 5 nitrogen and oxygen atoms in total. The van der Waals surface area contributed by atoms with Crippen molar-refractivity contribution in [2.24, 2.45) is 5.92 Å². The molecule has 118 valence electrons. The van der Waals surface area contributed by atoms with Crippen LogP contribution in [0.1, 0.15) is 12.7 Å². The number of aryl methyl sites for hydroxylation is 1. The number of halogens is 1. The first-order valence-electron chi connectivity index (χ1n) is 6.87. The Morgan fingerprint density at radius 1 is 1.50 bits per heavy atom. The summed E-state index contributed by atoms with van der Waals surface area (Å²) >= 11 is 1.64. The molecule has 1 atom stereocenters. The molecule has 0 spiro atoms. The van der Waals surface area contributed by atoms with Crippen LogP contribution < -0.4 is 5.01 Å². The van der Waals surface area contributed by atoms with E-state index in [1.807, 2.05) is 13.2 Å². The fourth-order valence-corrected chi connectivity index (χ4v) is 2.85. The van der Waals surface area contributed by atoms with Gasteiger partial charge >= 0.3 is 0 Å². The summed E-state index contributed by atoms with van der Waals surface area (Å²) in [4.78, 5) is 20.6. The fraction of sp³-hybridized carbons (Fsp3) is 0.400. The lowest BCUT2D eigenvalue weighted by Gasteiger charge is -2.22. The lowest BCUT2D eigenvalue weighted by atomic mass is 10.2. The highest BCUT2D eigenvalue weighted by Gasteiger charge is 2.20. The summed E-state index contributed by atoms with van der Waals surface area (Å²) < 4.78 is 15.0. The smallest absolute Gasteiger partial charge is 0.244 e. The van der Waals surface area contributed by atoms with Crippen molar-refractivity contribution in [3.8, 4) is 11.3 Å². The molecule has 2 aromatic heterocycles. The molecule has 0 saturated carbocycles. The van der Waals surface area contributed by atoms with Crippen LogP contribution in [0.5, 0.6) is 0 Å². The molecular weight excluding hydrogens is 303 g/mol. The zero-order valence-electron chi connectivity index (χ0n) is 13.1. The third-order valence-electron chi connectivity index (χ3n) is 3.34. The Kier molecular flexibility index (Phi) is 5.18. The van der Waals surface area contributed by atoms with E-state index < -0.39 is 5.82 Å². The number of aromatic nitrogens is 3. The quantitative estimate of drug-likeness (QED) is 0.848. The van der Waals surface area contributed by atoms with Crippen LogP contribution in [0.25, 0.3) is 11.3 Å². The van der Waals surface area contributed by atoms with E-state index in [-0.39, 0.29) is 11.8 Å². The van der Waals surface area contributed by atoms with Crippen LogP contribution in [0.2, 0.25) is 0 Å². The molecule has 0 saturated heterocycles. The summed E-state index contributed by atoms with van der Waals surface area (Å²) in [6.45, 7) is 3.71. The first-order valence-corrected chi connectivity index (χ1v) is 8.27. The number of amides is 1. The number of thioether (sulfide) groups is 1. The van der Waals surface area contributed by atoms with E-state index in [0.29, 0.717) is 17.1 Å². The van der Waals surface area contributed by atoms with Gasteiger partial charge in [-0.15, -0.1) is 0 Å². The summed E-state index contributed by atoms with van der Waals surface area (Å²) in [6.07, 6.45) is 6.39. The van der Waals surface area contributed by atoms with Gasteiger partial charge in [0.15, 0.2) is 0 Å². The summed E-state index contributed by atoms with van der Waals surface area (Å²) in [5, 5.41) is 1.54. The number of carbonyl (C=O) groups is 1. The summed E-state index contributed by atoms with van der Waals surface area (Å²) in [5.41, 5.74) is 1.17. The highest BCUT2D eigenvalue weighted by atomic mass is 32.2. The minimum absolute atomic E-state index is 0.0127. The fourth-order valence-electron chi connectivity index (χ4n) is 2.20. The molecule has 0 fully saturated rings. The second kappa shape index (κ2) is 6.91.